The van der Waals surface area contributed by atoms with Crippen molar-refractivity contribution in [3.05, 3.63) is 23.1 Å². The van der Waals surface area contributed by atoms with Crippen LogP contribution in [0, 0.1) is 0 Å². The molecular formula is C13H13N5OS2. The smallest absolute Gasteiger partial charge is 0.226 e. The molecule has 0 aliphatic heterocycles. The highest BCUT2D eigenvalue weighted by Gasteiger charge is 2.22. The zero-order chi connectivity index (χ0) is 14.4. The third-order valence-corrected chi connectivity index (χ3v) is 5.73. The van der Waals surface area contributed by atoms with Gasteiger partial charge in [-0.15, -0.1) is 21.5 Å². The highest BCUT2D eigenvalue weighted by atomic mass is 32.2. The molecule has 0 fully saturated rings. The first kappa shape index (κ1) is 13.0. The van der Waals surface area contributed by atoms with Crippen LogP contribution in [0.1, 0.15) is 23.3 Å². The molecule has 0 spiro atoms. The second kappa shape index (κ2) is 4.96. The summed E-state index contributed by atoms with van der Waals surface area (Å²) in [5.41, 5.74) is 1.35. The van der Waals surface area contributed by atoms with Crippen molar-refractivity contribution in [3.8, 4) is 5.82 Å². The van der Waals surface area contributed by atoms with Crippen LogP contribution in [0.4, 0.5) is 0 Å². The number of nitrogens with zero attached hydrogens (tertiary/aromatic N) is 5. The van der Waals surface area contributed by atoms with E-state index in [2.05, 4.69) is 20.2 Å². The van der Waals surface area contributed by atoms with E-state index >= 15 is 0 Å². The van der Waals surface area contributed by atoms with Gasteiger partial charge in [0.25, 0.3) is 0 Å². The molecule has 3 aromatic heterocycles. The molecule has 1 atom stereocenters. The number of thiophene rings is 1. The Hall–Kier alpha value is -1.67. The Morgan fingerprint density at radius 1 is 1.29 bits per heavy atom. The average molecular weight is 319 g/mol. The largest absolute Gasteiger partial charge is 0.257 e. The number of aromatic nitrogens is 5. The Labute approximate surface area is 127 Å². The molecule has 6 nitrogen and oxygen atoms in total. The number of fused-ring (bicyclic) bond motifs is 3. The summed E-state index contributed by atoms with van der Waals surface area (Å²) in [4.78, 5) is 11.2. The fourth-order valence-corrected chi connectivity index (χ4v) is 4.62. The molecule has 3 heterocycles. The van der Waals surface area contributed by atoms with E-state index in [9.17, 15) is 4.21 Å². The molecule has 0 radical (unpaired) electrons. The number of hydrogen-bond donors (Lipinski definition) is 0. The maximum atomic E-state index is 11.8. The van der Waals surface area contributed by atoms with E-state index < -0.39 is 10.8 Å². The Morgan fingerprint density at radius 2 is 2.14 bits per heavy atom. The third kappa shape index (κ3) is 2.01. The molecule has 108 valence electrons. The Balaban J connectivity index is 2.03. The summed E-state index contributed by atoms with van der Waals surface area (Å²) < 4.78 is 13.5. The first-order chi connectivity index (χ1) is 10.3. The summed E-state index contributed by atoms with van der Waals surface area (Å²) in [6.45, 7) is 0. The topological polar surface area (TPSA) is 73.6 Å². The van der Waals surface area contributed by atoms with E-state index in [-0.39, 0.29) is 0 Å². The molecule has 1 aliphatic carbocycles. The van der Waals surface area contributed by atoms with Crippen LogP contribution < -0.4 is 0 Å². The first-order valence-corrected chi connectivity index (χ1v) is 9.12. The van der Waals surface area contributed by atoms with Crippen molar-refractivity contribution in [2.24, 2.45) is 0 Å². The van der Waals surface area contributed by atoms with Crippen molar-refractivity contribution in [2.45, 2.75) is 30.8 Å². The van der Waals surface area contributed by atoms with Crippen LogP contribution >= 0.6 is 11.3 Å². The van der Waals surface area contributed by atoms with Gasteiger partial charge in [-0.25, -0.2) is 9.97 Å². The van der Waals surface area contributed by atoms with E-state index in [0.29, 0.717) is 5.16 Å². The number of hydrogen-bond acceptors (Lipinski definition) is 6. The fraction of sp³-hybridized carbons (Fsp3) is 0.385. The van der Waals surface area contributed by atoms with Gasteiger partial charge in [0.05, 0.1) is 16.2 Å². The minimum atomic E-state index is -1.21. The molecule has 3 aromatic rings. The molecule has 0 saturated carbocycles. The monoisotopic (exact) mass is 319 g/mol. The molecular weight excluding hydrogens is 306 g/mol. The van der Waals surface area contributed by atoms with E-state index in [1.54, 1.807) is 34.8 Å². The van der Waals surface area contributed by atoms with Gasteiger partial charge in [0, 0.05) is 11.1 Å². The molecule has 0 N–H and O–H groups in total. The highest BCUT2D eigenvalue weighted by Crippen LogP contribution is 2.37. The lowest BCUT2D eigenvalue weighted by molar-refractivity contribution is 0.675. The maximum absolute atomic E-state index is 11.8. The van der Waals surface area contributed by atoms with Gasteiger partial charge in [-0.3, -0.25) is 8.78 Å². The van der Waals surface area contributed by atoms with Gasteiger partial charge >= 0.3 is 0 Å². The number of aryl methyl sites for hydroxylation is 2. The molecule has 0 aromatic carbocycles. The van der Waals surface area contributed by atoms with Gasteiger partial charge in [0.1, 0.15) is 17.5 Å². The standard InChI is InChI=1S/C13H13N5OS2/c1-21(19)13-17-16-7-18(13)11-10-8-4-2-3-5-9(8)20-12(10)15-6-14-11/h6-7H,2-5H2,1H3. The van der Waals surface area contributed by atoms with Crippen molar-refractivity contribution < 1.29 is 4.21 Å². The van der Waals surface area contributed by atoms with E-state index in [1.807, 2.05) is 0 Å². The highest BCUT2D eigenvalue weighted by molar-refractivity contribution is 7.84. The molecule has 1 unspecified atom stereocenters. The minimum absolute atomic E-state index is 0.422. The van der Waals surface area contributed by atoms with E-state index in [1.165, 1.54) is 23.3 Å². The van der Waals surface area contributed by atoms with Gasteiger partial charge in [-0.2, -0.15) is 0 Å². The van der Waals surface area contributed by atoms with Gasteiger partial charge in [0.15, 0.2) is 5.82 Å². The molecule has 8 heteroatoms. The Kier molecular flexibility index (Phi) is 3.07. The minimum Gasteiger partial charge on any atom is -0.257 e. The lowest BCUT2D eigenvalue weighted by Crippen LogP contribution is -2.06. The third-order valence-electron chi connectivity index (χ3n) is 3.73. The van der Waals surface area contributed by atoms with Crippen LogP contribution in [0.3, 0.4) is 0 Å². The number of rotatable bonds is 2. The lowest BCUT2D eigenvalue weighted by Gasteiger charge is -2.12. The van der Waals surface area contributed by atoms with Crippen LogP contribution in [0.5, 0.6) is 0 Å². The van der Waals surface area contributed by atoms with Gasteiger partial charge in [0.2, 0.25) is 5.16 Å². The van der Waals surface area contributed by atoms with Crippen molar-refractivity contribution in [1.82, 2.24) is 24.7 Å². The van der Waals surface area contributed by atoms with Crippen molar-refractivity contribution in [1.29, 1.82) is 0 Å². The molecule has 0 bridgehead atoms. The zero-order valence-electron chi connectivity index (χ0n) is 11.4. The molecule has 1 aliphatic rings. The van der Waals surface area contributed by atoms with Crippen LogP contribution in [0.25, 0.3) is 16.0 Å². The molecule has 0 amide bonds. The van der Waals surface area contributed by atoms with Crippen LogP contribution in [-0.4, -0.2) is 35.2 Å². The maximum Gasteiger partial charge on any atom is 0.226 e. The van der Waals surface area contributed by atoms with Gasteiger partial charge < -0.3 is 0 Å². The van der Waals surface area contributed by atoms with Gasteiger partial charge in [-0.05, 0) is 31.2 Å². The zero-order valence-corrected chi connectivity index (χ0v) is 13.1. The molecule has 0 saturated heterocycles. The second-order valence-corrected chi connectivity index (χ2v) is 7.38. The lowest BCUT2D eigenvalue weighted by atomic mass is 9.97. The summed E-state index contributed by atoms with van der Waals surface area (Å²) in [5, 5.41) is 9.33. The molecule has 21 heavy (non-hydrogen) atoms. The Morgan fingerprint density at radius 3 is 3.00 bits per heavy atom. The summed E-state index contributed by atoms with van der Waals surface area (Å²) in [6.07, 6.45) is 9.34. The normalized spacial score (nSPS) is 16.0. The van der Waals surface area contributed by atoms with Crippen LogP contribution in [-0.2, 0) is 23.6 Å². The predicted octanol–water partition coefficient (Wildman–Crippen LogP) is 1.89. The quantitative estimate of drug-likeness (QED) is 0.721. The van der Waals surface area contributed by atoms with Crippen molar-refractivity contribution in [3.63, 3.8) is 0 Å². The van der Waals surface area contributed by atoms with Crippen LogP contribution in [0.15, 0.2) is 17.8 Å². The average Bonchev–Trinajstić information content (AvgIpc) is 3.11. The summed E-state index contributed by atoms with van der Waals surface area (Å²) in [5.74, 6) is 0.745. The Bertz CT molecular complexity index is 853. The van der Waals surface area contributed by atoms with Crippen molar-refractivity contribution >= 4 is 32.4 Å². The summed E-state index contributed by atoms with van der Waals surface area (Å²) in [7, 11) is -1.21. The SMILES string of the molecule is CS(=O)c1nncn1-c1ncnc2sc3c(c12)CCCC3. The predicted molar refractivity (Wildman–Crippen MR) is 81.3 cm³/mol. The van der Waals surface area contributed by atoms with E-state index in [0.717, 1.165) is 28.9 Å². The summed E-state index contributed by atoms with van der Waals surface area (Å²) in [6, 6.07) is 0. The first-order valence-electron chi connectivity index (χ1n) is 6.75. The summed E-state index contributed by atoms with van der Waals surface area (Å²) >= 11 is 1.74. The molecule has 4 rings (SSSR count). The second-order valence-electron chi connectivity index (χ2n) is 5.03. The van der Waals surface area contributed by atoms with E-state index in [4.69, 9.17) is 0 Å². The van der Waals surface area contributed by atoms with Crippen molar-refractivity contribution in [2.75, 3.05) is 6.26 Å². The van der Waals surface area contributed by atoms with Crippen LogP contribution in [0.2, 0.25) is 0 Å². The fourth-order valence-electron chi connectivity index (χ4n) is 2.82. The van der Waals surface area contributed by atoms with Gasteiger partial charge in [-0.1, -0.05) is 0 Å².